The summed E-state index contributed by atoms with van der Waals surface area (Å²) in [6, 6.07) is 13.6. The molecule has 1 aromatic heterocycles. The van der Waals surface area contributed by atoms with E-state index >= 15 is 4.39 Å². The van der Waals surface area contributed by atoms with Crippen molar-refractivity contribution >= 4 is 20.2 Å². The van der Waals surface area contributed by atoms with Crippen LogP contribution in [0.2, 0.25) is 0 Å². The molecule has 0 aliphatic carbocycles. The molecule has 0 amide bonds. The number of hydrogen-bond acceptors (Lipinski definition) is 10. The second-order valence-corrected chi connectivity index (χ2v) is 13.2. The van der Waals surface area contributed by atoms with E-state index in [1.807, 2.05) is 0 Å². The van der Waals surface area contributed by atoms with Gasteiger partial charge in [0.15, 0.2) is 6.29 Å². The summed E-state index contributed by atoms with van der Waals surface area (Å²) >= 11 is 0. The number of rotatable bonds is 13. The third-order valence-electron chi connectivity index (χ3n) is 6.64. The second kappa shape index (κ2) is 13.0. The smallest absolute Gasteiger partial charge is 0.299 e. The van der Waals surface area contributed by atoms with Gasteiger partial charge in [0.2, 0.25) is 0 Å². The van der Waals surface area contributed by atoms with Crippen molar-refractivity contribution in [1.82, 2.24) is 15.2 Å². The van der Waals surface area contributed by atoms with E-state index in [1.54, 1.807) is 13.8 Å². The molecule has 230 valence electrons. The van der Waals surface area contributed by atoms with Gasteiger partial charge in [0, 0.05) is 24.0 Å². The molecular formula is C28H29F2N3O8S2. The van der Waals surface area contributed by atoms with Crippen LogP contribution in [-0.2, 0) is 40.6 Å². The largest absolute Gasteiger partial charge is 0.385 e. The van der Waals surface area contributed by atoms with Crippen molar-refractivity contribution in [2.75, 3.05) is 6.61 Å². The fourth-order valence-electron chi connectivity index (χ4n) is 4.33. The summed E-state index contributed by atoms with van der Waals surface area (Å²) in [6.45, 7) is 2.58. The summed E-state index contributed by atoms with van der Waals surface area (Å²) in [5.41, 5.74) is -1.23. The first-order valence-electron chi connectivity index (χ1n) is 12.8. The first-order chi connectivity index (χ1) is 20.2. The lowest BCUT2D eigenvalue weighted by Gasteiger charge is -2.33. The Balaban J connectivity index is 1.71. The molecule has 15 heteroatoms. The highest BCUT2D eigenvalue weighted by atomic mass is 32.2. The summed E-state index contributed by atoms with van der Waals surface area (Å²) in [4.78, 5) is 3.40. The Kier molecular flexibility index (Phi) is 9.73. The van der Waals surface area contributed by atoms with E-state index in [2.05, 4.69) is 15.2 Å². The SMILES string of the molecule is Cc1ccc(S(=O)(=O)OCC(CC(O)(Cc2ncn[nH]2)c2ccc(F)cc2F)[C@H](O)OS(=O)(=O)c2ccc(C)cc2)cc1. The number of halogens is 2. The van der Waals surface area contributed by atoms with E-state index < -0.39 is 74.7 Å². The van der Waals surface area contributed by atoms with Crippen LogP contribution in [0.3, 0.4) is 0 Å². The molecule has 0 saturated carbocycles. The van der Waals surface area contributed by atoms with Crippen LogP contribution in [0.15, 0.2) is 82.8 Å². The number of benzene rings is 3. The molecule has 0 aliphatic heterocycles. The average Bonchev–Trinajstić information content (AvgIpc) is 3.44. The number of aliphatic hydroxyl groups excluding tert-OH is 1. The van der Waals surface area contributed by atoms with E-state index in [4.69, 9.17) is 8.37 Å². The molecular weight excluding hydrogens is 608 g/mol. The first-order valence-corrected chi connectivity index (χ1v) is 15.7. The van der Waals surface area contributed by atoms with Crippen molar-refractivity contribution in [2.45, 2.75) is 48.4 Å². The van der Waals surface area contributed by atoms with Crippen molar-refractivity contribution < 1.29 is 44.2 Å². The number of aliphatic hydroxyl groups is 2. The minimum atomic E-state index is -4.60. The van der Waals surface area contributed by atoms with Gasteiger partial charge in [-0.2, -0.15) is 21.9 Å². The van der Waals surface area contributed by atoms with Crippen molar-refractivity contribution in [3.05, 3.63) is 107 Å². The van der Waals surface area contributed by atoms with Crippen LogP contribution < -0.4 is 0 Å². The molecule has 3 atom stereocenters. The maximum atomic E-state index is 15.0. The monoisotopic (exact) mass is 637 g/mol. The van der Waals surface area contributed by atoms with E-state index in [-0.39, 0.29) is 15.6 Å². The lowest BCUT2D eigenvalue weighted by molar-refractivity contribution is -0.102. The molecule has 0 bridgehead atoms. The van der Waals surface area contributed by atoms with E-state index in [1.165, 1.54) is 48.5 Å². The summed E-state index contributed by atoms with van der Waals surface area (Å²) in [5, 5.41) is 29.0. The quantitative estimate of drug-likeness (QED) is 0.146. The van der Waals surface area contributed by atoms with Gasteiger partial charge in [0.1, 0.15) is 29.4 Å². The maximum Gasteiger partial charge on any atom is 0.299 e. The van der Waals surface area contributed by atoms with E-state index in [9.17, 15) is 31.4 Å². The minimum Gasteiger partial charge on any atom is -0.385 e. The van der Waals surface area contributed by atoms with Gasteiger partial charge >= 0.3 is 0 Å². The lowest BCUT2D eigenvalue weighted by Crippen LogP contribution is -2.40. The van der Waals surface area contributed by atoms with Crippen LogP contribution in [0.1, 0.15) is 28.9 Å². The lowest BCUT2D eigenvalue weighted by atomic mass is 9.81. The van der Waals surface area contributed by atoms with Crippen molar-refractivity contribution in [1.29, 1.82) is 0 Å². The molecule has 3 N–H and O–H groups in total. The number of aromatic amines is 1. The van der Waals surface area contributed by atoms with Gasteiger partial charge in [-0.3, -0.25) is 9.28 Å². The Morgan fingerprint density at radius 2 is 1.49 bits per heavy atom. The fourth-order valence-corrected chi connectivity index (χ4v) is 6.29. The fraction of sp³-hybridized carbons (Fsp3) is 0.286. The Morgan fingerprint density at radius 3 is 2.02 bits per heavy atom. The van der Waals surface area contributed by atoms with Gasteiger partial charge in [0.25, 0.3) is 20.2 Å². The van der Waals surface area contributed by atoms with E-state index in [0.717, 1.165) is 29.6 Å². The molecule has 0 fully saturated rings. The molecule has 0 aliphatic rings. The number of hydrogen-bond donors (Lipinski definition) is 3. The van der Waals surface area contributed by atoms with Crippen molar-refractivity contribution in [3.63, 3.8) is 0 Å². The molecule has 0 saturated heterocycles. The first kappa shape index (κ1) is 32.3. The predicted octanol–water partition coefficient (Wildman–Crippen LogP) is 3.27. The van der Waals surface area contributed by atoms with Gasteiger partial charge in [0.05, 0.1) is 16.4 Å². The molecule has 1 heterocycles. The molecule has 0 spiro atoms. The zero-order valence-electron chi connectivity index (χ0n) is 23.0. The highest BCUT2D eigenvalue weighted by Crippen LogP contribution is 2.36. The van der Waals surface area contributed by atoms with E-state index in [0.29, 0.717) is 6.07 Å². The molecule has 4 aromatic rings. The molecule has 11 nitrogen and oxygen atoms in total. The third kappa shape index (κ3) is 8.07. The number of aromatic nitrogens is 3. The Morgan fingerprint density at radius 1 is 0.907 bits per heavy atom. The number of nitrogens with one attached hydrogen (secondary N) is 1. The predicted molar refractivity (Wildman–Crippen MR) is 148 cm³/mol. The van der Waals surface area contributed by atoms with Crippen molar-refractivity contribution in [3.8, 4) is 0 Å². The van der Waals surface area contributed by atoms with Crippen LogP contribution in [0.25, 0.3) is 0 Å². The van der Waals surface area contributed by atoms with Crippen LogP contribution in [0.4, 0.5) is 8.78 Å². The third-order valence-corrected chi connectivity index (χ3v) is 9.24. The standard InChI is InChI=1S/C28H29F2N3O8S2/c1-18-3-8-22(9-4-18)42(36,37)40-16-20(27(34)41-43(38,39)23-10-5-19(2)6-11-23)14-28(35,15-26-31-17-32-33-26)24-12-7-21(29)13-25(24)30/h3-13,17,20,27,34-35H,14-16H2,1-2H3,(H,31,32,33)/t20?,27-,28?/m1/s1. The number of nitrogens with zero attached hydrogens (tertiary/aromatic N) is 2. The molecule has 3 aromatic carbocycles. The summed E-state index contributed by atoms with van der Waals surface area (Å²) in [5.74, 6) is -3.64. The van der Waals surface area contributed by atoms with Gasteiger partial charge in [-0.25, -0.2) is 17.9 Å². The van der Waals surface area contributed by atoms with Crippen LogP contribution in [0.5, 0.6) is 0 Å². The molecule has 4 rings (SSSR count). The second-order valence-electron chi connectivity index (χ2n) is 10.0. The van der Waals surface area contributed by atoms with Crippen LogP contribution >= 0.6 is 0 Å². The molecule has 0 radical (unpaired) electrons. The van der Waals surface area contributed by atoms with Gasteiger partial charge in [-0.15, -0.1) is 0 Å². The van der Waals surface area contributed by atoms with Crippen molar-refractivity contribution in [2.24, 2.45) is 5.92 Å². The summed E-state index contributed by atoms with van der Waals surface area (Å²) in [7, 11) is -9.04. The Hall–Kier alpha value is -3.60. The topological polar surface area (TPSA) is 169 Å². The Labute approximate surface area is 247 Å². The number of H-pyrrole nitrogens is 1. The summed E-state index contributed by atoms with van der Waals surface area (Å²) in [6.07, 6.45) is -2.37. The number of aryl methyl sites for hydroxylation is 2. The zero-order chi connectivity index (χ0) is 31.4. The highest BCUT2D eigenvalue weighted by Gasteiger charge is 2.41. The van der Waals surface area contributed by atoms with Crippen LogP contribution in [-0.4, -0.2) is 55.1 Å². The zero-order valence-corrected chi connectivity index (χ0v) is 24.6. The minimum absolute atomic E-state index is 0.0563. The molecule has 2 unspecified atom stereocenters. The molecule has 43 heavy (non-hydrogen) atoms. The van der Waals surface area contributed by atoms with Gasteiger partial charge < -0.3 is 10.2 Å². The van der Waals surface area contributed by atoms with Crippen LogP contribution in [0, 0.1) is 31.4 Å². The van der Waals surface area contributed by atoms with Gasteiger partial charge in [-0.05, 0) is 50.6 Å². The average molecular weight is 638 g/mol. The normalized spacial score (nSPS) is 15.1. The summed E-state index contributed by atoms with van der Waals surface area (Å²) < 4.78 is 90.8. The Bertz CT molecular complexity index is 1750. The maximum absolute atomic E-state index is 15.0. The van der Waals surface area contributed by atoms with Gasteiger partial charge in [-0.1, -0.05) is 41.5 Å². The highest BCUT2D eigenvalue weighted by molar-refractivity contribution is 7.87.